The Morgan fingerprint density at radius 1 is 1.53 bits per heavy atom. The van der Waals surface area contributed by atoms with E-state index in [-0.39, 0.29) is 5.41 Å². The first-order valence-corrected chi connectivity index (χ1v) is 6.08. The van der Waals surface area contributed by atoms with Gasteiger partial charge in [0.05, 0.1) is 0 Å². The van der Waals surface area contributed by atoms with E-state index in [0.717, 1.165) is 17.0 Å². The highest BCUT2D eigenvalue weighted by Gasteiger charge is 2.53. The molecule has 1 aliphatic rings. The van der Waals surface area contributed by atoms with Gasteiger partial charge in [0.25, 0.3) is 0 Å². The maximum atomic E-state index is 6.12. The monoisotopic (exact) mass is 243 g/mol. The average molecular weight is 244 g/mol. The van der Waals surface area contributed by atoms with E-state index in [2.05, 4.69) is 12.1 Å². The Morgan fingerprint density at radius 3 is 2.73 bits per heavy atom. The van der Waals surface area contributed by atoms with Gasteiger partial charge in [0.1, 0.15) is 0 Å². The van der Waals surface area contributed by atoms with Crippen LogP contribution in [0.15, 0.2) is 18.2 Å². The summed E-state index contributed by atoms with van der Waals surface area (Å²) in [6.07, 6.45) is 1.09. The molecular formula is C12H15Cl2N. The topological polar surface area (TPSA) is 26.0 Å². The van der Waals surface area contributed by atoms with Crippen LogP contribution in [-0.2, 0) is 5.41 Å². The molecule has 0 spiro atoms. The molecule has 1 saturated carbocycles. The molecule has 1 aliphatic carbocycles. The molecule has 0 unspecified atom stereocenters. The van der Waals surface area contributed by atoms with Crippen LogP contribution in [-0.4, -0.2) is 12.4 Å². The van der Waals surface area contributed by atoms with E-state index < -0.39 is 0 Å². The largest absolute Gasteiger partial charge is 0.330 e. The van der Waals surface area contributed by atoms with Crippen molar-refractivity contribution < 1.29 is 0 Å². The number of aryl methyl sites for hydroxylation is 1. The fourth-order valence-corrected chi connectivity index (χ4v) is 2.79. The fourth-order valence-electron chi connectivity index (χ4n) is 2.21. The molecule has 1 aromatic carbocycles. The summed E-state index contributed by atoms with van der Waals surface area (Å²) in [6, 6.07) is 6.22. The summed E-state index contributed by atoms with van der Waals surface area (Å²) in [5.41, 5.74) is 8.30. The Labute approximate surface area is 101 Å². The van der Waals surface area contributed by atoms with Crippen molar-refractivity contribution in [1.29, 1.82) is 0 Å². The minimum absolute atomic E-state index is 0.0963. The van der Waals surface area contributed by atoms with Gasteiger partial charge in [-0.25, -0.2) is 0 Å². The van der Waals surface area contributed by atoms with Gasteiger partial charge >= 0.3 is 0 Å². The molecule has 1 fully saturated rings. The predicted octanol–water partition coefficient (Wildman–Crippen LogP) is 3.10. The van der Waals surface area contributed by atoms with Gasteiger partial charge in [0.15, 0.2) is 0 Å². The lowest BCUT2D eigenvalue weighted by Crippen LogP contribution is -2.23. The Kier molecular flexibility index (Phi) is 2.98. The number of hydrogen-bond donors (Lipinski definition) is 1. The van der Waals surface area contributed by atoms with E-state index >= 15 is 0 Å². The Bertz CT molecular complexity index is 378. The van der Waals surface area contributed by atoms with Crippen LogP contribution in [0.3, 0.4) is 0 Å². The van der Waals surface area contributed by atoms with Gasteiger partial charge in [-0.1, -0.05) is 23.7 Å². The minimum Gasteiger partial charge on any atom is -0.330 e. The summed E-state index contributed by atoms with van der Waals surface area (Å²) in [5.74, 6) is 1.20. The van der Waals surface area contributed by atoms with Crippen LogP contribution < -0.4 is 5.73 Å². The average Bonchev–Trinajstić information content (AvgIpc) is 2.97. The molecule has 0 amide bonds. The van der Waals surface area contributed by atoms with Crippen LogP contribution >= 0.6 is 23.2 Å². The summed E-state index contributed by atoms with van der Waals surface area (Å²) < 4.78 is 0. The molecule has 2 N–H and O–H groups in total. The van der Waals surface area contributed by atoms with E-state index in [0.29, 0.717) is 18.3 Å². The summed E-state index contributed by atoms with van der Waals surface area (Å²) in [4.78, 5) is 0. The van der Waals surface area contributed by atoms with Gasteiger partial charge in [-0.3, -0.25) is 0 Å². The molecule has 2 atom stereocenters. The van der Waals surface area contributed by atoms with Crippen molar-refractivity contribution in [1.82, 2.24) is 0 Å². The van der Waals surface area contributed by atoms with E-state index in [4.69, 9.17) is 28.9 Å². The first-order chi connectivity index (χ1) is 7.14. The molecule has 0 aromatic heterocycles. The normalized spacial score (nSPS) is 29.2. The van der Waals surface area contributed by atoms with Crippen LogP contribution in [0.25, 0.3) is 0 Å². The van der Waals surface area contributed by atoms with Crippen LogP contribution in [0.2, 0.25) is 5.02 Å². The molecule has 2 rings (SSSR count). The fraction of sp³-hybridized carbons (Fsp3) is 0.500. The highest BCUT2D eigenvalue weighted by atomic mass is 35.5. The second kappa shape index (κ2) is 3.97. The molecule has 15 heavy (non-hydrogen) atoms. The predicted molar refractivity (Wildman–Crippen MR) is 65.7 cm³/mol. The molecule has 0 heterocycles. The molecule has 0 radical (unpaired) electrons. The minimum atomic E-state index is 0.0963. The molecule has 1 aromatic rings. The lowest BCUT2D eigenvalue weighted by atomic mass is 9.93. The van der Waals surface area contributed by atoms with Crippen molar-refractivity contribution >= 4 is 23.2 Å². The second-order valence-electron chi connectivity index (χ2n) is 4.38. The van der Waals surface area contributed by atoms with Crippen LogP contribution in [0, 0.1) is 12.8 Å². The Hall–Kier alpha value is -0.240. The van der Waals surface area contributed by atoms with Crippen molar-refractivity contribution in [3.8, 4) is 0 Å². The summed E-state index contributed by atoms with van der Waals surface area (Å²) in [5, 5.41) is 0.820. The number of nitrogens with two attached hydrogens (primary N) is 1. The third-order valence-electron chi connectivity index (χ3n) is 3.53. The molecule has 0 aliphatic heterocycles. The quantitative estimate of drug-likeness (QED) is 0.812. The van der Waals surface area contributed by atoms with Gasteiger partial charge in [0.2, 0.25) is 0 Å². The molecule has 0 bridgehead atoms. The first-order valence-electron chi connectivity index (χ1n) is 5.16. The summed E-state index contributed by atoms with van der Waals surface area (Å²) in [7, 11) is 0. The number of alkyl halides is 1. The highest BCUT2D eigenvalue weighted by Crippen LogP contribution is 2.54. The smallest absolute Gasteiger partial charge is 0.0438 e. The SMILES string of the molecule is Cc1ccc([C@]2(CN)C[C@@H]2CCl)cc1Cl. The first kappa shape index (κ1) is 11.3. The molecule has 3 heteroatoms. The standard InChI is InChI=1S/C12H15Cl2N/c1-8-2-3-9(4-11(8)14)12(7-15)5-10(12)6-13/h2-4,10H,5-7,15H2,1H3/t10-,12-/m1/s1. The zero-order chi connectivity index (χ0) is 11.1. The molecule has 1 nitrogen and oxygen atoms in total. The van der Waals surface area contributed by atoms with Crippen molar-refractivity contribution in [2.75, 3.05) is 12.4 Å². The lowest BCUT2D eigenvalue weighted by molar-refractivity contribution is 0.644. The Morgan fingerprint density at radius 2 is 2.27 bits per heavy atom. The maximum Gasteiger partial charge on any atom is 0.0438 e. The Balaban J connectivity index is 2.33. The number of hydrogen-bond acceptors (Lipinski definition) is 1. The van der Waals surface area contributed by atoms with E-state index in [1.54, 1.807) is 0 Å². The van der Waals surface area contributed by atoms with E-state index in [1.807, 2.05) is 13.0 Å². The van der Waals surface area contributed by atoms with Crippen LogP contribution in [0.4, 0.5) is 0 Å². The number of halogens is 2. The van der Waals surface area contributed by atoms with Crippen molar-refractivity contribution in [2.45, 2.75) is 18.8 Å². The van der Waals surface area contributed by atoms with Crippen LogP contribution in [0.5, 0.6) is 0 Å². The van der Waals surface area contributed by atoms with E-state index in [1.165, 1.54) is 5.56 Å². The number of benzene rings is 1. The third kappa shape index (κ3) is 1.77. The van der Waals surface area contributed by atoms with Gasteiger partial charge in [0, 0.05) is 22.9 Å². The van der Waals surface area contributed by atoms with E-state index in [9.17, 15) is 0 Å². The lowest BCUT2D eigenvalue weighted by Gasteiger charge is -2.16. The van der Waals surface area contributed by atoms with Gasteiger partial charge in [-0.05, 0) is 36.5 Å². The van der Waals surface area contributed by atoms with Gasteiger partial charge in [-0.2, -0.15) is 0 Å². The highest BCUT2D eigenvalue weighted by molar-refractivity contribution is 6.31. The maximum absolute atomic E-state index is 6.12. The van der Waals surface area contributed by atoms with Gasteiger partial charge < -0.3 is 5.73 Å². The third-order valence-corrected chi connectivity index (χ3v) is 4.31. The molecule has 82 valence electrons. The van der Waals surface area contributed by atoms with Crippen molar-refractivity contribution in [2.24, 2.45) is 11.7 Å². The van der Waals surface area contributed by atoms with Crippen LogP contribution in [0.1, 0.15) is 17.5 Å². The zero-order valence-corrected chi connectivity index (χ0v) is 10.3. The zero-order valence-electron chi connectivity index (χ0n) is 8.76. The molecule has 0 saturated heterocycles. The van der Waals surface area contributed by atoms with Crippen molar-refractivity contribution in [3.63, 3.8) is 0 Å². The van der Waals surface area contributed by atoms with Gasteiger partial charge in [-0.15, -0.1) is 11.6 Å². The summed E-state index contributed by atoms with van der Waals surface area (Å²) in [6.45, 7) is 2.66. The summed E-state index contributed by atoms with van der Waals surface area (Å²) >= 11 is 12.0. The number of rotatable bonds is 3. The molecular weight excluding hydrogens is 229 g/mol. The second-order valence-corrected chi connectivity index (χ2v) is 5.10. The van der Waals surface area contributed by atoms with Crippen molar-refractivity contribution in [3.05, 3.63) is 34.3 Å².